The fourth-order valence-electron chi connectivity index (χ4n) is 2.45. The largest absolute Gasteiger partial charge is 0.332 e. The van der Waals surface area contributed by atoms with E-state index in [9.17, 15) is 9.59 Å². The molecule has 0 aliphatic carbocycles. The Morgan fingerprint density at radius 2 is 2.10 bits per heavy atom. The second kappa shape index (κ2) is 6.02. The second-order valence-corrected chi connectivity index (χ2v) is 4.99. The zero-order valence-electron chi connectivity index (χ0n) is 12.2. The van der Waals surface area contributed by atoms with Crippen molar-refractivity contribution in [2.75, 3.05) is 13.1 Å². The van der Waals surface area contributed by atoms with Crippen LogP contribution in [-0.2, 0) is 22.7 Å². The van der Waals surface area contributed by atoms with Gasteiger partial charge in [0.05, 0.1) is 13.1 Å². The summed E-state index contributed by atoms with van der Waals surface area (Å²) in [4.78, 5) is 27.7. The van der Waals surface area contributed by atoms with Crippen molar-refractivity contribution in [1.82, 2.24) is 24.6 Å². The van der Waals surface area contributed by atoms with Gasteiger partial charge in [-0.2, -0.15) is 0 Å². The molecule has 2 rings (SSSR count). The number of rotatable bonds is 5. The van der Waals surface area contributed by atoms with E-state index in [1.165, 1.54) is 0 Å². The van der Waals surface area contributed by atoms with Gasteiger partial charge in [0.1, 0.15) is 12.4 Å². The number of hydrogen-bond donors (Lipinski definition) is 0. The first-order valence-corrected chi connectivity index (χ1v) is 7.03. The molecule has 0 aromatic carbocycles. The molecule has 7 heteroatoms. The number of carbonyl (C=O) groups excluding carboxylic acids is 2. The summed E-state index contributed by atoms with van der Waals surface area (Å²) in [5, 5.41) is 7.88. The zero-order valence-corrected chi connectivity index (χ0v) is 12.2. The van der Waals surface area contributed by atoms with Crippen LogP contribution < -0.4 is 0 Å². The summed E-state index contributed by atoms with van der Waals surface area (Å²) in [7, 11) is 0. The number of aromatic nitrogens is 3. The molecule has 0 unspecified atom stereocenters. The van der Waals surface area contributed by atoms with Crippen LogP contribution >= 0.6 is 0 Å². The van der Waals surface area contributed by atoms with Crippen molar-refractivity contribution >= 4 is 11.8 Å². The minimum absolute atomic E-state index is 0.00835. The summed E-state index contributed by atoms with van der Waals surface area (Å²) < 4.78 is 1.88. The number of piperazine rings is 1. The molecule has 0 N–H and O–H groups in total. The molecule has 2 heterocycles. The third-order valence-electron chi connectivity index (χ3n) is 3.62. The summed E-state index contributed by atoms with van der Waals surface area (Å²) in [5.74, 6) is 0.689. The third-order valence-corrected chi connectivity index (χ3v) is 3.62. The predicted molar refractivity (Wildman–Crippen MR) is 72.6 cm³/mol. The first-order valence-electron chi connectivity index (χ1n) is 7.03. The highest BCUT2D eigenvalue weighted by molar-refractivity contribution is 5.94. The summed E-state index contributed by atoms with van der Waals surface area (Å²) in [6.45, 7) is 7.63. The molecule has 1 aromatic heterocycles. The van der Waals surface area contributed by atoms with E-state index < -0.39 is 6.04 Å². The quantitative estimate of drug-likeness (QED) is 0.775. The van der Waals surface area contributed by atoms with Gasteiger partial charge in [-0.3, -0.25) is 9.59 Å². The Balaban J connectivity index is 2.13. The topological polar surface area (TPSA) is 71.3 Å². The molecule has 110 valence electrons. The molecular formula is C13H21N5O2. The second-order valence-electron chi connectivity index (χ2n) is 4.99. The van der Waals surface area contributed by atoms with Gasteiger partial charge in [-0.25, -0.2) is 0 Å². The van der Waals surface area contributed by atoms with Gasteiger partial charge in [0.2, 0.25) is 11.8 Å². The third kappa shape index (κ3) is 2.66. The van der Waals surface area contributed by atoms with Gasteiger partial charge < -0.3 is 14.4 Å². The molecule has 7 nitrogen and oxygen atoms in total. The molecule has 0 saturated carbocycles. The average molecular weight is 279 g/mol. The van der Waals surface area contributed by atoms with Gasteiger partial charge in [0.15, 0.2) is 5.82 Å². The normalized spacial score (nSPS) is 19.9. The van der Waals surface area contributed by atoms with Crippen LogP contribution in [-0.4, -0.2) is 55.5 Å². The van der Waals surface area contributed by atoms with Crippen LogP contribution in [0.25, 0.3) is 0 Å². The minimum atomic E-state index is -0.440. The molecule has 1 saturated heterocycles. The molecule has 0 bridgehead atoms. The fraction of sp³-hybridized carbons (Fsp3) is 0.692. The maximum Gasteiger partial charge on any atom is 0.245 e. The minimum Gasteiger partial charge on any atom is -0.332 e. The van der Waals surface area contributed by atoms with Crippen molar-refractivity contribution in [2.24, 2.45) is 0 Å². The van der Waals surface area contributed by atoms with Crippen LogP contribution in [0, 0.1) is 0 Å². The number of aryl methyl sites for hydroxylation is 1. The van der Waals surface area contributed by atoms with Crippen molar-refractivity contribution in [3.05, 3.63) is 12.2 Å². The monoisotopic (exact) mass is 279 g/mol. The van der Waals surface area contributed by atoms with Gasteiger partial charge in [0.25, 0.3) is 0 Å². The Hall–Kier alpha value is -1.92. The number of hydrogen-bond acceptors (Lipinski definition) is 4. The van der Waals surface area contributed by atoms with E-state index in [1.807, 2.05) is 18.4 Å². The molecule has 1 aliphatic rings. The highest BCUT2D eigenvalue weighted by Gasteiger charge is 2.36. The van der Waals surface area contributed by atoms with Gasteiger partial charge in [-0.1, -0.05) is 6.92 Å². The maximum absolute atomic E-state index is 12.2. The van der Waals surface area contributed by atoms with Gasteiger partial charge in [0, 0.05) is 13.1 Å². The number of carbonyl (C=O) groups is 2. The maximum atomic E-state index is 12.2. The van der Waals surface area contributed by atoms with Crippen LogP contribution in [0.15, 0.2) is 6.33 Å². The number of nitrogens with zero attached hydrogens (tertiary/aromatic N) is 5. The Labute approximate surface area is 118 Å². The first kappa shape index (κ1) is 14.5. The molecule has 0 spiro atoms. The highest BCUT2D eigenvalue weighted by Crippen LogP contribution is 2.15. The SMILES string of the molecule is CCCN1CC(=O)N(Cc2nncn2CC)[C@@H](C)C1=O. The Morgan fingerprint density at radius 1 is 1.35 bits per heavy atom. The predicted octanol–water partition coefficient (Wildman–Crippen LogP) is 0.267. The van der Waals surface area contributed by atoms with Gasteiger partial charge in [-0.15, -0.1) is 10.2 Å². The van der Waals surface area contributed by atoms with Crippen molar-refractivity contribution in [2.45, 2.75) is 46.3 Å². The Kier molecular flexibility index (Phi) is 4.36. The lowest BCUT2D eigenvalue weighted by Crippen LogP contribution is -2.58. The van der Waals surface area contributed by atoms with Crippen molar-refractivity contribution < 1.29 is 9.59 Å². The molecule has 1 fully saturated rings. The molecule has 0 radical (unpaired) electrons. The molecule has 1 atom stereocenters. The lowest BCUT2D eigenvalue weighted by molar-refractivity contribution is -0.155. The zero-order chi connectivity index (χ0) is 14.7. The summed E-state index contributed by atoms with van der Waals surface area (Å²) in [6, 6.07) is -0.440. The van der Waals surface area contributed by atoms with Crippen molar-refractivity contribution in [1.29, 1.82) is 0 Å². The van der Waals surface area contributed by atoms with Crippen LogP contribution in [0.1, 0.15) is 33.0 Å². The molecular weight excluding hydrogens is 258 g/mol. The number of amides is 2. The smallest absolute Gasteiger partial charge is 0.245 e. The van der Waals surface area contributed by atoms with E-state index in [4.69, 9.17) is 0 Å². The van der Waals surface area contributed by atoms with E-state index in [1.54, 1.807) is 23.1 Å². The summed E-state index contributed by atoms with van der Waals surface area (Å²) in [6.07, 6.45) is 2.50. The molecule has 20 heavy (non-hydrogen) atoms. The van der Waals surface area contributed by atoms with Crippen LogP contribution in [0.5, 0.6) is 0 Å². The van der Waals surface area contributed by atoms with E-state index in [-0.39, 0.29) is 18.4 Å². The lowest BCUT2D eigenvalue weighted by atomic mass is 10.1. The summed E-state index contributed by atoms with van der Waals surface area (Å²) >= 11 is 0. The Bertz CT molecular complexity index is 499. The van der Waals surface area contributed by atoms with E-state index in [0.717, 1.165) is 13.0 Å². The molecule has 1 aliphatic heterocycles. The standard InChI is InChI=1S/C13H21N5O2/c1-4-6-17-8-12(19)18(10(3)13(17)20)7-11-15-14-9-16(11)5-2/h9-10H,4-8H2,1-3H3/t10-/m0/s1. The van der Waals surface area contributed by atoms with E-state index >= 15 is 0 Å². The molecule has 2 amide bonds. The van der Waals surface area contributed by atoms with E-state index in [2.05, 4.69) is 10.2 Å². The summed E-state index contributed by atoms with van der Waals surface area (Å²) in [5.41, 5.74) is 0. The van der Waals surface area contributed by atoms with Gasteiger partial charge >= 0.3 is 0 Å². The van der Waals surface area contributed by atoms with Crippen LogP contribution in [0.4, 0.5) is 0 Å². The highest BCUT2D eigenvalue weighted by atomic mass is 16.2. The lowest BCUT2D eigenvalue weighted by Gasteiger charge is -2.38. The first-order chi connectivity index (χ1) is 9.58. The van der Waals surface area contributed by atoms with Crippen LogP contribution in [0.3, 0.4) is 0 Å². The van der Waals surface area contributed by atoms with Crippen molar-refractivity contribution in [3.8, 4) is 0 Å². The average Bonchev–Trinajstić information content (AvgIpc) is 2.88. The molecule has 1 aromatic rings. The Morgan fingerprint density at radius 3 is 2.75 bits per heavy atom. The van der Waals surface area contributed by atoms with E-state index in [0.29, 0.717) is 18.9 Å². The van der Waals surface area contributed by atoms with Crippen LogP contribution in [0.2, 0.25) is 0 Å². The van der Waals surface area contributed by atoms with Gasteiger partial charge in [-0.05, 0) is 20.3 Å². The van der Waals surface area contributed by atoms with Crippen molar-refractivity contribution in [3.63, 3.8) is 0 Å². The fourth-order valence-corrected chi connectivity index (χ4v) is 2.45.